The Balaban J connectivity index is 2.21. The molecule has 0 fully saturated rings. The lowest BCUT2D eigenvalue weighted by atomic mass is 10.0. The summed E-state index contributed by atoms with van der Waals surface area (Å²) in [6.45, 7) is 8.01. The van der Waals surface area contributed by atoms with Gasteiger partial charge in [-0.1, -0.05) is 39.5 Å². The Morgan fingerprint density at radius 3 is 2.68 bits per heavy atom. The number of aromatic nitrogens is 2. The predicted octanol–water partition coefficient (Wildman–Crippen LogP) is 3.28. The van der Waals surface area contributed by atoms with E-state index < -0.39 is 0 Å². The van der Waals surface area contributed by atoms with Crippen LogP contribution in [0.4, 0.5) is 5.82 Å². The summed E-state index contributed by atoms with van der Waals surface area (Å²) in [5.74, 6) is 1.28. The summed E-state index contributed by atoms with van der Waals surface area (Å²) in [4.78, 5) is 16.0. The molecular formula is C15H27N3O. The lowest BCUT2D eigenvalue weighted by Gasteiger charge is -2.07. The van der Waals surface area contributed by atoms with E-state index in [1.165, 1.54) is 25.7 Å². The average Bonchev–Trinajstić information content (AvgIpc) is 2.39. The highest BCUT2D eigenvalue weighted by Crippen LogP contribution is 2.09. The van der Waals surface area contributed by atoms with Gasteiger partial charge in [0.2, 0.25) is 0 Å². The van der Waals surface area contributed by atoms with Crippen LogP contribution >= 0.6 is 0 Å². The highest BCUT2D eigenvalue weighted by Gasteiger charge is 2.02. The Morgan fingerprint density at radius 2 is 2.00 bits per heavy atom. The number of anilines is 1. The van der Waals surface area contributed by atoms with E-state index in [-0.39, 0.29) is 5.56 Å². The Bertz CT molecular complexity index is 412. The van der Waals surface area contributed by atoms with Crippen LogP contribution in [0.15, 0.2) is 17.2 Å². The molecule has 4 nitrogen and oxygen atoms in total. The first-order valence-electron chi connectivity index (χ1n) is 7.44. The van der Waals surface area contributed by atoms with Crippen LogP contribution in [0.1, 0.15) is 52.9 Å². The predicted molar refractivity (Wildman–Crippen MR) is 80.6 cm³/mol. The fourth-order valence-electron chi connectivity index (χ4n) is 2.06. The quantitative estimate of drug-likeness (QED) is 0.697. The van der Waals surface area contributed by atoms with Crippen molar-refractivity contribution in [2.75, 3.05) is 11.9 Å². The minimum atomic E-state index is -0.0233. The fourth-order valence-corrected chi connectivity index (χ4v) is 2.06. The lowest BCUT2D eigenvalue weighted by Crippen LogP contribution is -2.24. The van der Waals surface area contributed by atoms with Crippen LogP contribution < -0.4 is 10.9 Å². The highest BCUT2D eigenvalue weighted by molar-refractivity contribution is 5.30. The van der Waals surface area contributed by atoms with Crippen LogP contribution in [0.5, 0.6) is 0 Å². The molecule has 1 aromatic rings. The van der Waals surface area contributed by atoms with E-state index in [0.29, 0.717) is 12.4 Å². The molecule has 0 unspecified atom stereocenters. The molecule has 0 spiro atoms. The Kier molecular flexibility index (Phi) is 7.23. The smallest absolute Gasteiger partial charge is 0.293 e. The number of hydrogen-bond acceptors (Lipinski definition) is 3. The van der Waals surface area contributed by atoms with Gasteiger partial charge in [-0.15, -0.1) is 0 Å². The van der Waals surface area contributed by atoms with Crippen molar-refractivity contribution in [3.05, 3.63) is 22.7 Å². The van der Waals surface area contributed by atoms with Crippen LogP contribution in [-0.4, -0.2) is 16.1 Å². The zero-order chi connectivity index (χ0) is 14.1. The summed E-state index contributed by atoms with van der Waals surface area (Å²) in [6, 6.07) is 0. The molecule has 0 aliphatic carbocycles. The van der Waals surface area contributed by atoms with Crippen molar-refractivity contribution in [2.24, 2.45) is 5.92 Å². The molecule has 108 valence electrons. The van der Waals surface area contributed by atoms with Gasteiger partial charge >= 0.3 is 0 Å². The average molecular weight is 265 g/mol. The molecule has 0 aliphatic rings. The van der Waals surface area contributed by atoms with Gasteiger partial charge in [-0.2, -0.15) is 0 Å². The standard InChI is InChI=1S/C15H27N3O/c1-4-18-12-11-17-14(15(18)19)16-10-8-6-5-7-9-13(2)3/h11-13H,4-10H2,1-3H3,(H,16,17). The van der Waals surface area contributed by atoms with Gasteiger partial charge in [-0.05, 0) is 19.3 Å². The van der Waals surface area contributed by atoms with Gasteiger partial charge in [0.15, 0.2) is 5.82 Å². The van der Waals surface area contributed by atoms with E-state index in [1.54, 1.807) is 17.0 Å². The van der Waals surface area contributed by atoms with Crippen molar-refractivity contribution in [2.45, 2.75) is 59.4 Å². The van der Waals surface area contributed by atoms with E-state index in [1.807, 2.05) is 6.92 Å². The number of rotatable bonds is 9. The number of aryl methyl sites for hydroxylation is 1. The summed E-state index contributed by atoms with van der Waals surface area (Å²) in [6.07, 6.45) is 9.62. The maximum absolute atomic E-state index is 11.9. The van der Waals surface area contributed by atoms with Crippen molar-refractivity contribution in [1.29, 1.82) is 0 Å². The minimum absolute atomic E-state index is 0.0233. The zero-order valence-electron chi connectivity index (χ0n) is 12.5. The molecule has 4 heteroatoms. The van der Waals surface area contributed by atoms with Crippen molar-refractivity contribution in [1.82, 2.24) is 9.55 Å². The maximum atomic E-state index is 11.9. The summed E-state index contributed by atoms with van der Waals surface area (Å²) in [5.41, 5.74) is -0.0233. The maximum Gasteiger partial charge on any atom is 0.293 e. The molecule has 1 rings (SSSR count). The third kappa shape index (κ3) is 5.90. The second kappa shape index (κ2) is 8.73. The molecule has 19 heavy (non-hydrogen) atoms. The Hall–Kier alpha value is -1.32. The molecule has 0 saturated heterocycles. The lowest BCUT2D eigenvalue weighted by molar-refractivity contribution is 0.523. The third-order valence-corrected chi connectivity index (χ3v) is 3.26. The van der Waals surface area contributed by atoms with E-state index in [0.717, 1.165) is 18.9 Å². The van der Waals surface area contributed by atoms with Crippen LogP contribution in [0.3, 0.4) is 0 Å². The molecule has 0 radical (unpaired) electrons. The largest absolute Gasteiger partial charge is 0.365 e. The summed E-state index contributed by atoms with van der Waals surface area (Å²) >= 11 is 0. The summed E-state index contributed by atoms with van der Waals surface area (Å²) in [7, 11) is 0. The molecule has 0 aromatic carbocycles. The minimum Gasteiger partial charge on any atom is -0.365 e. The van der Waals surface area contributed by atoms with E-state index in [9.17, 15) is 4.79 Å². The molecular weight excluding hydrogens is 238 g/mol. The monoisotopic (exact) mass is 265 g/mol. The molecule has 1 heterocycles. The Morgan fingerprint density at radius 1 is 1.26 bits per heavy atom. The van der Waals surface area contributed by atoms with Crippen molar-refractivity contribution < 1.29 is 0 Å². The van der Waals surface area contributed by atoms with Crippen LogP contribution in [0, 0.1) is 5.92 Å². The first-order chi connectivity index (χ1) is 9.15. The zero-order valence-corrected chi connectivity index (χ0v) is 12.5. The topological polar surface area (TPSA) is 46.9 Å². The van der Waals surface area contributed by atoms with Gasteiger partial charge < -0.3 is 9.88 Å². The van der Waals surface area contributed by atoms with Gasteiger partial charge in [0.25, 0.3) is 5.56 Å². The van der Waals surface area contributed by atoms with Crippen LogP contribution in [0.25, 0.3) is 0 Å². The first kappa shape index (κ1) is 15.7. The third-order valence-electron chi connectivity index (χ3n) is 3.26. The molecule has 0 aliphatic heterocycles. The van der Waals surface area contributed by atoms with Crippen molar-refractivity contribution in [3.63, 3.8) is 0 Å². The number of hydrogen-bond donors (Lipinski definition) is 1. The molecule has 0 atom stereocenters. The molecule has 1 N–H and O–H groups in total. The van der Waals surface area contributed by atoms with Gasteiger partial charge in [0, 0.05) is 25.5 Å². The molecule has 0 bridgehead atoms. The number of nitrogens with one attached hydrogen (secondary N) is 1. The van der Waals surface area contributed by atoms with Crippen molar-refractivity contribution >= 4 is 5.82 Å². The van der Waals surface area contributed by atoms with E-state index >= 15 is 0 Å². The van der Waals surface area contributed by atoms with Crippen LogP contribution in [0.2, 0.25) is 0 Å². The van der Waals surface area contributed by atoms with E-state index in [4.69, 9.17) is 0 Å². The van der Waals surface area contributed by atoms with Gasteiger partial charge in [0.1, 0.15) is 0 Å². The molecule has 1 aromatic heterocycles. The van der Waals surface area contributed by atoms with Gasteiger partial charge in [-0.3, -0.25) is 4.79 Å². The van der Waals surface area contributed by atoms with Gasteiger partial charge in [-0.25, -0.2) is 4.98 Å². The fraction of sp³-hybridized carbons (Fsp3) is 0.733. The van der Waals surface area contributed by atoms with E-state index in [2.05, 4.69) is 24.1 Å². The number of unbranched alkanes of at least 4 members (excludes halogenated alkanes) is 3. The van der Waals surface area contributed by atoms with Crippen LogP contribution in [-0.2, 0) is 6.54 Å². The number of nitrogens with zero attached hydrogens (tertiary/aromatic N) is 2. The first-order valence-corrected chi connectivity index (χ1v) is 7.44. The second-order valence-corrected chi connectivity index (χ2v) is 5.39. The summed E-state index contributed by atoms with van der Waals surface area (Å²) < 4.78 is 1.66. The summed E-state index contributed by atoms with van der Waals surface area (Å²) in [5, 5.41) is 3.14. The molecule has 0 saturated carbocycles. The SMILES string of the molecule is CCn1ccnc(NCCCCCCC(C)C)c1=O. The second-order valence-electron chi connectivity index (χ2n) is 5.39. The molecule has 0 amide bonds. The normalized spacial score (nSPS) is 10.9. The van der Waals surface area contributed by atoms with Gasteiger partial charge in [0.05, 0.1) is 0 Å². The Labute approximate surface area is 116 Å². The van der Waals surface area contributed by atoms with Crippen molar-refractivity contribution in [3.8, 4) is 0 Å². The highest BCUT2D eigenvalue weighted by atomic mass is 16.1.